The summed E-state index contributed by atoms with van der Waals surface area (Å²) >= 11 is 0. The van der Waals surface area contributed by atoms with Gasteiger partial charge in [0.1, 0.15) is 23.2 Å². The number of rotatable bonds is 6. The molecule has 2 fully saturated rings. The number of aromatic nitrogens is 1. The number of hydrogen-bond acceptors (Lipinski definition) is 8. The van der Waals surface area contributed by atoms with Gasteiger partial charge in [0.15, 0.2) is 0 Å². The van der Waals surface area contributed by atoms with Crippen LogP contribution in [0.15, 0.2) is 48.7 Å². The van der Waals surface area contributed by atoms with Gasteiger partial charge in [0.05, 0.1) is 24.8 Å². The van der Waals surface area contributed by atoms with E-state index in [4.69, 9.17) is 14.2 Å². The van der Waals surface area contributed by atoms with Crippen LogP contribution in [0.5, 0.6) is 0 Å². The number of carbonyl (C=O) groups is 4. The Bertz CT molecular complexity index is 1470. The van der Waals surface area contributed by atoms with Gasteiger partial charge in [-0.25, -0.2) is 9.59 Å². The quantitative estimate of drug-likeness (QED) is 0.349. The van der Waals surface area contributed by atoms with Gasteiger partial charge in [-0.1, -0.05) is 49.3 Å². The predicted molar refractivity (Wildman–Crippen MR) is 171 cm³/mol. The lowest BCUT2D eigenvalue weighted by atomic mass is 10.0. The van der Waals surface area contributed by atoms with E-state index >= 15 is 0 Å². The van der Waals surface area contributed by atoms with Gasteiger partial charge in [0.2, 0.25) is 11.8 Å². The van der Waals surface area contributed by atoms with Crippen molar-refractivity contribution in [2.24, 2.45) is 5.92 Å². The van der Waals surface area contributed by atoms with E-state index in [0.717, 1.165) is 35.7 Å². The van der Waals surface area contributed by atoms with Crippen molar-refractivity contribution in [3.63, 3.8) is 0 Å². The molecular weight excluding hydrogens is 588 g/mol. The van der Waals surface area contributed by atoms with E-state index in [1.165, 1.54) is 4.90 Å². The average Bonchev–Trinajstić information content (AvgIpc) is 3.53. The molecule has 0 spiro atoms. The molecule has 46 heavy (non-hydrogen) atoms. The molecule has 0 radical (unpaired) electrons. The van der Waals surface area contributed by atoms with Crippen LogP contribution >= 0.6 is 0 Å². The Labute approximate surface area is 270 Å². The Morgan fingerprint density at radius 2 is 1.93 bits per heavy atom. The first kappa shape index (κ1) is 33.4. The third kappa shape index (κ3) is 7.86. The van der Waals surface area contributed by atoms with Gasteiger partial charge >= 0.3 is 12.1 Å². The second-order valence-corrected chi connectivity index (χ2v) is 13.4. The molecule has 1 saturated carbocycles. The molecule has 2 aromatic rings. The SMILES string of the molecule is CCOC(=O)[C@@]12C[C@@H]1/C=C\CCCCC[C@H](NC(=O)OC(C)(C)C)C(=O)N1C[C@H](OCc3cccc4cccnc34)C[C@H]1C(=O)N2. The van der Waals surface area contributed by atoms with Crippen LogP contribution in [-0.4, -0.2) is 76.2 Å². The van der Waals surface area contributed by atoms with Gasteiger partial charge in [-0.15, -0.1) is 0 Å². The molecular formula is C35H46N4O7. The van der Waals surface area contributed by atoms with Crippen molar-refractivity contribution >= 4 is 34.8 Å². The number of carbonyl (C=O) groups excluding carboxylic acids is 4. The highest BCUT2D eigenvalue weighted by Gasteiger charge is 2.62. The molecule has 0 bridgehead atoms. The topological polar surface area (TPSA) is 136 Å². The van der Waals surface area contributed by atoms with Gasteiger partial charge in [-0.2, -0.15) is 0 Å². The molecule has 3 heterocycles. The number of amides is 3. The summed E-state index contributed by atoms with van der Waals surface area (Å²) in [6.07, 6.45) is 8.94. The molecule has 1 aromatic heterocycles. The molecule has 1 aliphatic carbocycles. The molecule has 0 unspecified atom stereocenters. The number of fused-ring (bicyclic) bond motifs is 3. The summed E-state index contributed by atoms with van der Waals surface area (Å²) in [6.45, 7) is 7.61. The first-order valence-corrected chi connectivity index (χ1v) is 16.4. The van der Waals surface area contributed by atoms with E-state index in [1.807, 2.05) is 42.5 Å². The van der Waals surface area contributed by atoms with Crippen molar-refractivity contribution in [2.45, 2.75) is 109 Å². The van der Waals surface area contributed by atoms with E-state index < -0.39 is 47.3 Å². The van der Waals surface area contributed by atoms with Crippen molar-refractivity contribution in [2.75, 3.05) is 13.2 Å². The maximum Gasteiger partial charge on any atom is 0.408 e. The minimum absolute atomic E-state index is 0.150. The van der Waals surface area contributed by atoms with Crippen LogP contribution in [0.2, 0.25) is 0 Å². The van der Waals surface area contributed by atoms with Gasteiger partial charge in [0, 0.05) is 36.0 Å². The van der Waals surface area contributed by atoms with Crippen LogP contribution in [0, 0.1) is 5.92 Å². The fraction of sp³-hybridized carbons (Fsp3) is 0.571. The molecule has 2 N–H and O–H groups in total. The summed E-state index contributed by atoms with van der Waals surface area (Å²) in [6, 6.07) is 7.95. The zero-order valence-electron chi connectivity index (χ0n) is 27.3. The van der Waals surface area contributed by atoms with Crippen molar-refractivity contribution in [3.8, 4) is 0 Å². The molecule has 2 aliphatic heterocycles. The average molecular weight is 635 g/mol. The Balaban J connectivity index is 1.41. The molecule has 5 atom stereocenters. The Kier molecular flexibility index (Phi) is 10.3. The number of esters is 1. The molecule has 1 aromatic carbocycles. The predicted octanol–water partition coefficient (Wildman–Crippen LogP) is 4.57. The number of ether oxygens (including phenoxy) is 3. The fourth-order valence-corrected chi connectivity index (χ4v) is 6.37. The normalized spacial score (nSPS) is 27.8. The summed E-state index contributed by atoms with van der Waals surface area (Å²) in [4.78, 5) is 60.2. The Morgan fingerprint density at radius 3 is 2.72 bits per heavy atom. The highest BCUT2D eigenvalue weighted by Crippen LogP contribution is 2.46. The van der Waals surface area contributed by atoms with Crippen molar-refractivity contribution in [1.82, 2.24) is 20.5 Å². The largest absolute Gasteiger partial charge is 0.464 e. The van der Waals surface area contributed by atoms with Crippen LogP contribution in [-0.2, 0) is 35.2 Å². The Morgan fingerprint density at radius 1 is 1.13 bits per heavy atom. The van der Waals surface area contributed by atoms with Crippen LogP contribution < -0.4 is 10.6 Å². The number of para-hydroxylation sites is 1. The van der Waals surface area contributed by atoms with E-state index in [1.54, 1.807) is 33.9 Å². The lowest BCUT2D eigenvalue weighted by Gasteiger charge is -2.30. The summed E-state index contributed by atoms with van der Waals surface area (Å²) in [7, 11) is 0. The van der Waals surface area contributed by atoms with E-state index in [0.29, 0.717) is 19.3 Å². The number of benzene rings is 1. The zero-order valence-corrected chi connectivity index (χ0v) is 27.3. The summed E-state index contributed by atoms with van der Waals surface area (Å²) < 4.78 is 17.2. The van der Waals surface area contributed by atoms with Crippen molar-refractivity contribution in [3.05, 3.63) is 54.2 Å². The molecule has 11 nitrogen and oxygen atoms in total. The number of nitrogens with one attached hydrogen (secondary N) is 2. The van der Waals surface area contributed by atoms with E-state index in [2.05, 4.69) is 15.6 Å². The molecule has 3 amide bonds. The summed E-state index contributed by atoms with van der Waals surface area (Å²) in [5.74, 6) is -1.48. The first-order chi connectivity index (χ1) is 22.0. The molecule has 3 aliphatic rings. The lowest BCUT2D eigenvalue weighted by Crippen LogP contribution is -2.56. The van der Waals surface area contributed by atoms with Crippen molar-refractivity contribution < 1.29 is 33.4 Å². The fourth-order valence-electron chi connectivity index (χ4n) is 6.37. The monoisotopic (exact) mass is 634 g/mol. The minimum atomic E-state index is -1.17. The Hall–Kier alpha value is -3.99. The second kappa shape index (κ2) is 14.2. The standard InChI is InChI=1S/C35H46N4O7/c1-5-44-32(42)35-20-25(35)16-9-7-6-8-10-17-27(37-33(43)46-34(2,3)4)31(41)39-21-26(19-28(39)30(40)38-35)45-22-24-14-11-13-23-15-12-18-36-29(23)24/h9,11-16,18,25-28H,5-8,10,17,19-22H2,1-4H3,(H,37,43)(H,38,40)/b16-9-/t25-,26+,27-,28-,35+/m0/s1. The number of hydrogen-bond donors (Lipinski definition) is 2. The van der Waals surface area contributed by atoms with Crippen LogP contribution in [0.25, 0.3) is 10.9 Å². The van der Waals surface area contributed by atoms with Gasteiger partial charge in [-0.05, 0) is 59.4 Å². The number of alkyl carbamates (subject to hydrolysis) is 1. The van der Waals surface area contributed by atoms with E-state index in [-0.39, 0.29) is 38.0 Å². The van der Waals surface area contributed by atoms with Gasteiger partial charge in [-0.3, -0.25) is 14.6 Å². The molecule has 1 saturated heterocycles. The van der Waals surface area contributed by atoms with Crippen LogP contribution in [0.1, 0.15) is 78.2 Å². The van der Waals surface area contributed by atoms with E-state index in [9.17, 15) is 19.2 Å². The molecule has 11 heteroatoms. The highest BCUT2D eigenvalue weighted by molar-refractivity contribution is 5.96. The van der Waals surface area contributed by atoms with Crippen LogP contribution in [0.4, 0.5) is 4.79 Å². The lowest BCUT2D eigenvalue weighted by molar-refractivity contribution is -0.150. The number of pyridine rings is 1. The first-order valence-electron chi connectivity index (χ1n) is 16.4. The van der Waals surface area contributed by atoms with Gasteiger partial charge in [0.25, 0.3) is 0 Å². The third-order valence-electron chi connectivity index (χ3n) is 8.76. The van der Waals surface area contributed by atoms with Gasteiger partial charge < -0.3 is 29.7 Å². The smallest absolute Gasteiger partial charge is 0.408 e. The third-order valence-corrected chi connectivity index (χ3v) is 8.76. The number of nitrogens with zero attached hydrogens (tertiary/aromatic N) is 2. The van der Waals surface area contributed by atoms with Crippen LogP contribution in [0.3, 0.4) is 0 Å². The molecule has 5 rings (SSSR count). The highest BCUT2D eigenvalue weighted by atomic mass is 16.6. The maximum absolute atomic E-state index is 14.2. The van der Waals surface area contributed by atoms with Crippen molar-refractivity contribution in [1.29, 1.82) is 0 Å². The number of allylic oxidation sites excluding steroid dienone is 1. The summed E-state index contributed by atoms with van der Waals surface area (Å²) in [5, 5.41) is 6.75. The summed E-state index contributed by atoms with van der Waals surface area (Å²) in [5.41, 5.74) is -0.179. The zero-order chi connectivity index (χ0) is 32.9. The molecule has 248 valence electrons. The minimum Gasteiger partial charge on any atom is -0.464 e. The second-order valence-electron chi connectivity index (χ2n) is 13.4. The maximum atomic E-state index is 14.2.